The summed E-state index contributed by atoms with van der Waals surface area (Å²) in [4.78, 5) is 27.2. The van der Waals surface area contributed by atoms with Crippen LogP contribution in [0.1, 0.15) is 22.8 Å². The third-order valence-corrected chi connectivity index (χ3v) is 3.15. The van der Waals surface area contributed by atoms with Crippen molar-refractivity contribution in [3.05, 3.63) is 52.8 Å². The SMILES string of the molecule is CC(=O)Nc1ccc(C)c(NC(=O)c2cnccc2Cl)c1. The maximum Gasteiger partial charge on any atom is 0.258 e. The highest BCUT2D eigenvalue weighted by Crippen LogP contribution is 2.22. The number of carbonyl (C=O) groups excluding carboxylic acids is 2. The Labute approximate surface area is 127 Å². The maximum absolute atomic E-state index is 12.2. The molecule has 6 heteroatoms. The summed E-state index contributed by atoms with van der Waals surface area (Å²) in [6.07, 6.45) is 2.92. The number of anilines is 2. The van der Waals surface area contributed by atoms with Gasteiger partial charge in [0.25, 0.3) is 5.91 Å². The number of nitrogens with one attached hydrogen (secondary N) is 2. The standard InChI is InChI=1S/C15H14ClN3O2/c1-9-3-4-11(18-10(2)20)7-14(9)19-15(21)12-8-17-6-5-13(12)16/h3-8H,1-2H3,(H,18,20)(H,19,21). The van der Waals surface area contributed by atoms with Crippen LogP contribution in [0, 0.1) is 6.92 Å². The molecule has 0 saturated heterocycles. The molecule has 0 bridgehead atoms. The van der Waals surface area contributed by atoms with Gasteiger partial charge in [-0.25, -0.2) is 0 Å². The maximum atomic E-state index is 12.2. The van der Waals surface area contributed by atoms with E-state index in [1.54, 1.807) is 18.2 Å². The molecule has 0 saturated carbocycles. The lowest BCUT2D eigenvalue weighted by atomic mass is 10.1. The van der Waals surface area contributed by atoms with Crippen LogP contribution in [0.2, 0.25) is 5.02 Å². The minimum Gasteiger partial charge on any atom is -0.326 e. The van der Waals surface area contributed by atoms with Gasteiger partial charge in [0.2, 0.25) is 5.91 Å². The zero-order valence-corrected chi connectivity index (χ0v) is 12.4. The number of aryl methyl sites for hydroxylation is 1. The Kier molecular flexibility index (Phi) is 4.55. The van der Waals surface area contributed by atoms with E-state index in [2.05, 4.69) is 15.6 Å². The summed E-state index contributed by atoms with van der Waals surface area (Å²) in [7, 11) is 0. The number of halogens is 1. The fourth-order valence-electron chi connectivity index (χ4n) is 1.77. The molecular formula is C15H14ClN3O2. The molecule has 0 aliphatic rings. The summed E-state index contributed by atoms with van der Waals surface area (Å²) in [6, 6.07) is 6.82. The molecule has 0 aliphatic carbocycles. The molecule has 1 heterocycles. The lowest BCUT2D eigenvalue weighted by molar-refractivity contribution is -0.114. The molecule has 108 valence electrons. The highest BCUT2D eigenvalue weighted by atomic mass is 35.5. The fraction of sp³-hybridized carbons (Fsp3) is 0.133. The summed E-state index contributed by atoms with van der Waals surface area (Å²) in [5.74, 6) is -0.525. The van der Waals surface area contributed by atoms with E-state index in [-0.39, 0.29) is 11.8 Å². The molecule has 1 aromatic heterocycles. The molecule has 0 spiro atoms. The summed E-state index contributed by atoms with van der Waals surface area (Å²) in [5.41, 5.74) is 2.38. The molecule has 2 aromatic rings. The summed E-state index contributed by atoms with van der Waals surface area (Å²) >= 11 is 5.97. The number of carbonyl (C=O) groups is 2. The van der Waals surface area contributed by atoms with Crippen LogP contribution in [-0.4, -0.2) is 16.8 Å². The average Bonchev–Trinajstić information content (AvgIpc) is 2.42. The second-order valence-electron chi connectivity index (χ2n) is 4.52. The van der Waals surface area contributed by atoms with Crippen molar-refractivity contribution in [1.29, 1.82) is 0 Å². The largest absolute Gasteiger partial charge is 0.326 e. The van der Waals surface area contributed by atoms with E-state index in [1.165, 1.54) is 19.3 Å². The number of hydrogen-bond donors (Lipinski definition) is 2. The van der Waals surface area contributed by atoms with Gasteiger partial charge in [0, 0.05) is 30.7 Å². The second kappa shape index (κ2) is 6.37. The first kappa shape index (κ1) is 15.0. The van der Waals surface area contributed by atoms with Crippen molar-refractivity contribution in [2.45, 2.75) is 13.8 Å². The van der Waals surface area contributed by atoms with Crippen LogP contribution in [0.5, 0.6) is 0 Å². The van der Waals surface area contributed by atoms with Crippen LogP contribution in [0.25, 0.3) is 0 Å². The van der Waals surface area contributed by atoms with E-state index in [0.717, 1.165) is 5.56 Å². The Hall–Kier alpha value is -2.40. The van der Waals surface area contributed by atoms with Crippen molar-refractivity contribution < 1.29 is 9.59 Å². The topological polar surface area (TPSA) is 71.1 Å². The second-order valence-corrected chi connectivity index (χ2v) is 4.93. The molecule has 2 amide bonds. The van der Waals surface area contributed by atoms with Crippen LogP contribution in [0.3, 0.4) is 0 Å². The quantitative estimate of drug-likeness (QED) is 0.914. The van der Waals surface area contributed by atoms with Gasteiger partial charge in [-0.1, -0.05) is 17.7 Å². The van der Waals surface area contributed by atoms with E-state index >= 15 is 0 Å². The molecule has 0 aliphatic heterocycles. The van der Waals surface area contributed by atoms with Gasteiger partial charge < -0.3 is 10.6 Å². The van der Waals surface area contributed by atoms with Crippen LogP contribution in [-0.2, 0) is 4.79 Å². The van der Waals surface area contributed by atoms with Crippen LogP contribution in [0.4, 0.5) is 11.4 Å². The zero-order chi connectivity index (χ0) is 15.4. The van der Waals surface area contributed by atoms with Crippen molar-refractivity contribution >= 4 is 34.8 Å². The third kappa shape index (κ3) is 3.79. The molecule has 0 fully saturated rings. The highest BCUT2D eigenvalue weighted by molar-refractivity contribution is 6.34. The smallest absolute Gasteiger partial charge is 0.258 e. The predicted octanol–water partition coefficient (Wildman–Crippen LogP) is 3.25. The minimum absolute atomic E-state index is 0.175. The number of benzene rings is 1. The normalized spacial score (nSPS) is 10.0. The first-order chi connectivity index (χ1) is 9.97. The number of amides is 2. The molecule has 5 nitrogen and oxygen atoms in total. The number of aromatic nitrogens is 1. The Morgan fingerprint density at radius 3 is 2.62 bits per heavy atom. The third-order valence-electron chi connectivity index (χ3n) is 2.82. The van der Waals surface area contributed by atoms with Gasteiger partial charge in [-0.05, 0) is 30.7 Å². The van der Waals surface area contributed by atoms with Gasteiger partial charge in [-0.2, -0.15) is 0 Å². The van der Waals surface area contributed by atoms with Crippen molar-refractivity contribution in [1.82, 2.24) is 4.98 Å². The summed E-state index contributed by atoms with van der Waals surface area (Å²) < 4.78 is 0. The molecule has 1 aromatic carbocycles. The number of nitrogens with zero attached hydrogens (tertiary/aromatic N) is 1. The Bertz CT molecular complexity index is 701. The fourth-order valence-corrected chi connectivity index (χ4v) is 1.96. The highest BCUT2D eigenvalue weighted by Gasteiger charge is 2.12. The molecule has 0 radical (unpaired) electrons. The summed E-state index contributed by atoms with van der Waals surface area (Å²) in [5, 5.41) is 5.77. The first-order valence-corrected chi connectivity index (χ1v) is 6.64. The first-order valence-electron chi connectivity index (χ1n) is 6.26. The van der Waals surface area contributed by atoms with Gasteiger partial charge in [0.1, 0.15) is 0 Å². The van der Waals surface area contributed by atoms with Crippen molar-refractivity contribution in [3.63, 3.8) is 0 Å². The lowest BCUT2D eigenvalue weighted by Gasteiger charge is -2.11. The molecule has 2 N–H and O–H groups in total. The van der Waals surface area contributed by atoms with Crippen molar-refractivity contribution in [3.8, 4) is 0 Å². The molecule has 21 heavy (non-hydrogen) atoms. The molecule has 0 atom stereocenters. The lowest BCUT2D eigenvalue weighted by Crippen LogP contribution is -2.14. The number of pyridine rings is 1. The van der Waals surface area contributed by atoms with E-state index < -0.39 is 0 Å². The van der Waals surface area contributed by atoms with E-state index in [0.29, 0.717) is 22.0 Å². The van der Waals surface area contributed by atoms with E-state index in [9.17, 15) is 9.59 Å². The van der Waals surface area contributed by atoms with Crippen LogP contribution in [0.15, 0.2) is 36.7 Å². The monoisotopic (exact) mass is 303 g/mol. The van der Waals surface area contributed by atoms with Crippen LogP contribution >= 0.6 is 11.6 Å². The van der Waals surface area contributed by atoms with E-state index in [1.807, 2.05) is 13.0 Å². The Morgan fingerprint density at radius 1 is 1.19 bits per heavy atom. The minimum atomic E-state index is -0.351. The van der Waals surface area contributed by atoms with Crippen LogP contribution < -0.4 is 10.6 Å². The zero-order valence-electron chi connectivity index (χ0n) is 11.6. The van der Waals surface area contributed by atoms with Crippen molar-refractivity contribution in [2.75, 3.05) is 10.6 Å². The number of rotatable bonds is 3. The average molecular weight is 304 g/mol. The van der Waals surface area contributed by atoms with Gasteiger partial charge in [-0.3, -0.25) is 14.6 Å². The predicted molar refractivity (Wildman–Crippen MR) is 82.7 cm³/mol. The molecule has 2 rings (SSSR count). The van der Waals surface area contributed by atoms with Gasteiger partial charge in [-0.15, -0.1) is 0 Å². The van der Waals surface area contributed by atoms with Gasteiger partial charge >= 0.3 is 0 Å². The van der Waals surface area contributed by atoms with Gasteiger partial charge in [0.05, 0.1) is 10.6 Å². The van der Waals surface area contributed by atoms with Crippen molar-refractivity contribution in [2.24, 2.45) is 0 Å². The molecular weight excluding hydrogens is 290 g/mol. The van der Waals surface area contributed by atoms with Gasteiger partial charge in [0.15, 0.2) is 0 Å². The molecule has 0 unspecified atom stereocenters. The Morgan fingerprint density at radius 2 is 1.95 bits per heavy atom. The Balaban J connectivity index is 2.24. The number of hydrogen-bond acceptors (Lipinski definition) is 3. The van der Waals surface area contributed by atoms with E-state index in [4.69, 9.17) is 11.6 Å². The summed E-state index contributed by atoms with van der Waals surface area (Å²) in [6.45, 7) is 3.28.